The van der Waals surface area contributed by atoms with E-state index in [-0.39, 0.29) is 17.2 Å². The maximum absolute atomic E-state index is 11.1. The summed E-state index contributed by atoms with van der Waals surface area (Å²) in [6.07, 6.45) is 0. The Balaban J connectivity index is 2.42. The van der Waals surface area contributed by atoms with Gasteiger partial charge in [-0.3, -0.25) is 10.1 Å². The summed E-state index contributed by atoms with van der Waals surface area (Å²) in [4.78, 5) is 10.6. The molecule has 5 nitrogen and oxygen atoms in total. The highest BCUT2D eigenvalue weighted by Crippen LogP contribution is 2.38. The first-order valence-corrected chi connectivity index (χ1v) is 6.16. The van der Waals surface area contributed by atoms with Crippen LogP contribution in [-0.4, -0.2) is 12.0 Å². The molecular weight excluding hydrogens is 314 g/mol. The summed E-state index contributed by atoms with van der Waals surface area (Å²) in [6, 6.07) is 11.8. The second kappa shape index (κ2) is 5.71. The van der Waals surface area contributed by atoms with Crippen molar-refractivity contribution in [2.24, 2.45) is 0 Å². The average Bonchev–Trinajstić information content (AvgIpc) is 2.38. The molecule has 0 unspecified atom stereocenters. The van der Waals surface area contributed by atoms with Crippen LogP contribution < -0.4 is 9.47 Å². The zero-order valence-electron chi connectivity index (χ0n) is 10.00. The molecule has 0 amide bonds. The van der Waals surface area contributed by atoms with Crippen molar-refractivity contribution >= 4 is 21.6 Å². The number of nitrogens with zero attached hydrogens (tertiary/aromatic N) is 1. The van der Waals surface area contributed by atoms with E-state index in [4.69, 9.17) is 9.47 Å². The summed E-state index contributed by atoms with van der Waals surface area (Å²) in [5.74, 6) is 0.811. The van der Waals surface area contributed by atoms with E-state index in [1.165, 1.54) is 19.2 Å². The number of hydrogen-bond acceptors (Lipinski definition) is 4. The first-order chi connectivity index (χ1) is 9.11. The van der Waals surface area contributed by atoms with Crippen molar-refractivity contribution in [3.63, 3.8) is 0 Å². The Morgan fingerprint density at radius 2 is 1.84 bits per heavy atom. The van der Waals surface area contributed by atoms with Crippen LogP contribution in [0, 0.1) is 10.1 Å². The third-order valence-corrected chi connectivity index (χ3v) is 2.88. The van der Waals surface area contributed by atoms with E-state index in [0.717, 1.165) is 4.47 Å². The highest BCUT2D eigenvalue weighted by Gasteiger charge is 2.22. The molecule has 0 aliphatic heterocycles. The fourth-order valence-electron chi connectivity index (χ4n) is 1.59. The molecule has 0 spiro atoms. The van der Waals surface area contributed by atoms with E-state index in [0.29, 0.717) is 5.75 Å². The largest absolute Gasteiger partial charge is 0.490 e. The van der Waals surface area contributed by atoms with Crippen molar-refractivity contribution in [2.45, 2.75) is 0 Å². The van der Waals surface area contributed by atoms with Gasteiger partial charge in [-0.2, -0.15) is 0 Å². The van der Waals surface area contributed by atoms with Crippen molar-refractivity contribution in [1.82, 2.24) is 0 Å². The van der Waals surface area contributed by atoms with Crippen molar-refractivity contribution in [2.75, 3.05) is 7.11 Å². The highest BCUT2D eigenvalue weighted by atomic mass is 79.9. The van der Waals surface area contributed by atoms with Gasteiger partial charge in [0.2, 0.25) is 11.5 Å². The molecule has 0 aliphatic rings. The molecule has 6 heteroatoms. The second-order valence-corrected chi connectivity index (χ2v) is 4.54. The van der Waals surface area contributed by atoms with Crippen LogP contribution in [0.15, 0.2) is 46.9 Å². The lowest BCUT2D eigenvalue weighted by Crippen LogP contribution is -1.97. The van der Waals surface area contributed by atoms with E-state index in [2.05, 4.69) is 15.9 Å². The molecule has 0 heterocycles. The van der Waals surface area contributed by atoms with E-state index < -0.39 is 4.92 Å². The fraction of sp³-hybridized carbons (Fsp3) is 0.0769. The zero-order chi connectivity index (χ0) is 13.8. The van der Waals surface area contributed by atoms with E-state index >= 15 is 0 Å². The van der Waals surface area contributed by atoms with E-state index in [9.17, 15) is 10.1 Å². The van der Waals surface area contributed by atoms with E-state index in [1.54, 1.807) is 24.3 Å². The standard InChI is InChI=1S/C13H10BrNO4/c1-18-11-6-3-7-12(13(11)15(16)17)19-10-5-2-4-9(14)8-10/h2-8H,1H3. The molecule has 2 aromatic carbocycles. The minimum Gasteiger partial charge on any atom is -0.490 e. The lowest BCUT2D eigenvalue weighted by atomic mass is 10.2. The first kappa shape index (κ1) is 13.4. The van der Waals surface area contributed by atoms with Crippen LogP contribution in [0.4, 0.5) is 5.69 Å². The van der Waals surface area contributed by atoms with Crippen LogP contribution in [0.1, 0.15) is 0 Å². The SMILES string of the molecule is COc1cccc(Oc2cccc(Br)c2)c1[N+](=O)[O-]. The van der Waals surface area contributed by atoms with Gasteiger partial charge in [0.25, 0.3) is 0 Å². The zero-order valence-corrected chi connectivity index (χ0v) is 11.6. The Kier molecular flexibility index (Phi) is 4.01. The van der Waals surface area contributed by atoms with Crippen LogP contribution >= 0.6 is 15.9 Å². The number of halogens is 1. The molecule has 0 saturated heterocycles. The van der Waals surface area contributed by atoms with Gasteiger partial charge in [-0.05, 0) is 30.3 Å². The Morgan fingerprint density at radius 3 is 2.47 bits per heavy atom. The molecule has 0 atom stereocenters. The Bertz CT molecular complexity index is 615. The quantitative estimate of drug-likeness (QED) is 0.626. The lowest BCUT2D eigenvalue weighted by molar-refractivity contribution is -0.386. The average molecular weight is 324 g/mol. The van der Waals surface area contributed by atoms with Gasteiger partial charge in [0.15, 0.2) is 0 Å². The van der Waals surface area contributed by atoms with Crippen molar-refractivity contribution < 1.29 is 14.4 Å². The van der Waals surface area contributed by atoms with Crippen molar-refractivity contribution in [3.8, 4) is 17.2 Å². The number of ether oxygens (including phenoxy) is 2. The molecule has 0 fully saturated rings. The summed E-state index contributed by atoms with van der Waals surface area (Å²) >= 11 is 3.31. The summed E-state index contributed by atoms with van der Waals surface area (Å²) < 4.78 is 11.3. The molecule has 19 heavy (non-hydrogen) atoms. The van der Waals surface area contributed by atoms with Crippen molar-refractivity contribution in [1.29, 1.82) is 0 Å². The second-order valence-electron chi connectivity index (χ2n) is 3.62. The van der Waals surface area contributed by atoms with Crippen molar-refractivity contribution in [3.05, 3.63) is 57.1 Å². The Hall–Kier alpha value is -2.08. The minimum absolute atomic E-state index is 0.141. The molecule has 98 valence electrons. The van der Waals surface area contributed by atoms with Crippen LogP contribution in [0.25, 0.3) is 0 Å². The monoisotopic (exact) mass is 323 g/mol. The first-order valence-electron chi connectivity index (χ1n) is 5.36. The molecule has 0 bridgehead atoms. The minimum atomic E-state index is -0.522. The fourth-order valence-corrected chi connectivity index (χ4v) is 1.96. The molecule has 0 saturated carbocycles. The van der Waals surface area contributed by atoms with Crippen LogP contribution in [-0.2, 0) is 0 Å². The predicted molar refractivity (Wildman–Crippen MR) is 73.9 cm³/mol. The van der Waals surface area contributed by atoms with Gasteiger partial charge in [0.05, 0.1) is 12.0 Å². The molecule has 2 aromatic rings. The lowest BCUT2D eigenvalue weighted by Gasteiger charge is -2.08. The maximum atomic E-state index is 11.1. The van der Waals surface area contributed by atoms with Gasteiger partial charge in [-0.15, -0.1) is 0 Å². The Morgan fingerprint density at radius 1 is 1.16 bits per heavy atom. The summed E-state index contributed by atoms with van der Waals surface area (Å²) in [7, 11) is 1.38. The third-order valence-electron chi connectivity index (χ3n) is 2.39. The topological polar surface area (TPSA) is 61.6 Å². The Labute approximate surface area is 118 Å². The maximum Gasteiger partial charge on any atom is 0.352 e. The molecule has 2 rings (SSSR count). The summed E-state index contributed by atoms with van der Waals surface area (Å²) in [5, 5.41) is 11.1. The number of rotatable bonds is 4. The van der Waals surface area contributed by atoms with Crippen LogP contribution in [0.2, 0.25) is 0 Å². The van der Waals surface area contributed by atoms with Gasteiger partial charge in [-0.1, -0.05) is 28.1 Å². The smallest absolute Gasteiger partial charge is 0.352 e. The molecule has 0 radical (unpaired) electrons. The molecule has 0 N–H and O–H groups in total. The summed E-state index contributed by atoms with van der Waals surface area (Å²) in [6.45, 7) is 0. The number of benzene rings is 2. The highest BCUT2D eigenvalue weighted by molar-refractivity contribution is 9.10. The number of nitro groups is 1. The van der Waals surface area contributed by atoms with Gasteiger partial charge in [-0.25, -0.2) is 0 Å². The normalized spacial score (nSPS) is 10.0. The third kappa shape index (κ3) is 3.03. The van der Waals surface area contributed by atoms with Gasteiger partial charge in [0, 0.05) is 4.47 Å². The molecular formula is C13H10BrNO4. The van der Waals surface area contributed by atoms with E-state index in [1.807, 2.05) is 6.07 Å². The number of hydrogen-bond donors (Lipinski definition) is 0. The number of nitro benzene ring substituents is 1. The summed E-state index contributed by atoms with van der Waals surface area (Å²) in [5.41, 5.74) is -0.190. The van der Waals surface area contributed by atoms with Gasteiger partial charge in [0.1, 0.15) is 5.75 Å². The van der Waals surface area contributed by atoms with Gasteiger partial charge < -0.3 is 9.47 Å². The van der Waals surface area contributed by atoms with Gasteiger partial charge >= 0.3 is 5.69 Å². The number of para-hydroxylation sites is 1. The van der Waals surface area contributed by atoms with Crippen LogP contribution in [0.3, 0.4) is 0 Å². The predicted octanol–water partition coefficient (Wildman–Crippen LogP) is 4.16. The number of methoxy groups -OCH3 is 1. The van der Waals surface area contributed by atoms with Crippen LogP contribution in [0.5, 0.6) is 17.2 Å². The molecule has 0 aromatic heterocycles. The molecule has 0 aliphatic carbocycles.